The van der Waals surface area contributed by atoms with Gasteiger partial charge in [0.2, 0.25) is 0 Å². The number of ether oxygens (including phenoxy) is 2. The summed E-state index contributed by atoms with van der Waals surface area (Å²) in [5, 5.41) is 14.5. The quantitative estimate of drug-likeness (QED) is 0.675. The summed E-state index contributed by atoms with van der Waals surface area (Å²) in [7, 11) is 1.45. The molecule has 0 radical (unpaired) electrons. The molecular weight excluding hydrogens is 385 g/mol. The van der Waals surface area contributed by atoms with Crippen molar-refractivity contribution in [2.24, 2.45) is 0 Å². The molecule has 30 heavy (non-hydrogen) atoms. The predicted molar refractivity (Wildman–Crippen MR) is 112 cm³/mol. The first-order valence-electron chi connectivity index (χ1n) is 10.0. The first-order chi connectivity index (χ1) is 14.6. The van der Waals surface area contributed by atoms with E-state index in [1.54, 1.807) is 6.07 Å². The number of rotatable bonds is 6. The topological polar surface area (TPSA) is 59.8 Å². The van der Waals surface area contributed by atoms with Crippen LogP contribution < -0.4 is 4.74 Å². The van der Waals surface area contributed by atoms with Crippen LogP contribution in [0, 0.1) is 12.7 Å². The van der Waals surface area contributed by atoms with E-state index < -0.39 is 5.82 Å². The number of aliphatic hydroxyl groups is 1. The highest BCUT2D eigenvalue weighted by molar-refractivity contribution is 5.64. The van der Waals surface area contributed by atoms with Crippen molar-refractivity contribution in [3.05, 3.63) is 65.6 Å². The van der Waals surface area contributed by atoms with E-state index in [1.807, 2.05) is 48.1 Å². The number of para-hydroxylation sites is 1. The fourth-order valence-electron chi connectivity index (χ4n) is 3.81. The maximum atomic E-state index is 14.4. The lowest BCUT2D eigenvalue weighted by Crippen LogP contribution is -2.46. The van der Waals surface area contributed by atoms with Crippen LogP contribution in [0.5, 0.6) is 5.75 Å². The second-order valence-electron chi connectivity index (χ2n) is 7.47. The predicted octanol–water partition coefficient (Wildman–Crippen LogP) is 3.19. The Morgan fingerprint density at radius 1 is 1.27 bits per heavy atom. The van der Waals surface area contributed by atoms with E-state index in [9.17, 15) is 9.50 Å². The first-order valence-corrected chi connectivity index (χ1v) is 10.0. The maximum Gasteiger partial charge on any atom is 0.165 e. The third-order valence-electron chi connectivity index (χ3n) is 5.51. The summed E-state index contributed by atoms with van der Waals surface area (Å²) in [6.45, 7) is 4.48. The van der Waals surface area contributed by atoms with E-state index in [4.69, 9.17) is 14.6 Å². The zero-order valence-electron chi connectivity index (χ0n) is 17.2. The molecule has 0 amide bonds. The molecule has 1 unspecified atom stereocenters. The van der Waals surface area contributed by atoms with Gasteiger partial charge < -0.3 is 14.6 Å². The Balaban J connectivity index is 1.77. The molecule has 1 saturated heterocycles. The van der Waals surface area contributed by atoms with Crippen molar-refractivity contribution in [3.8, 4) is 22.7 Å². The molecule has 1 aliphatic rings. The van der Waals surface area contributed by atoms with Gasteiger partial charge in [-0.1, -0.05) is 18.2 Å². The van der Waals surface area contributed by atoms with E-state index in [1.165, 1.54) is 13.2 Å². The molecule has 0 aliphatic carbocycles. The van der Waals surface area contributed by atoms with E-state index in [0.717, 1.165) is 23.4 Å². The van der Waals surface area contributed by atoms with Crippen molar-refractivity contribution in [1.29, 1.82) is 0 Å². The number of hydrogen-bond acceptors (Lipinski definition) is 5. The minimum Gasteiger partial charge on any atom is -0.494 e. The second-order valence-corrected chi connectivity index (χ2v) is 7.47. The van der Waals surface area contributed by atoms with Crippen LogP contribution in [0.4, 0.5) is 4.39 Å². The van der Waals surface area contributed by atoms with Crippen molar-refractivity contribution in [2.75, 3.05) is 33.5 Å². The fraction of sp³-hybridized carbons (Fsp3) is 0.348. The van der Waals surface area contributed by atoms with Crippen LogP contribution in [-0.4, -0.2) is 59.3 Å². The molecule has 2 heterocycles. The van der Waals surface area contributed by atoms with Gasteiger partial charge in [-0.2, -0.15) is 5.10 Å². The van der Waals surface area contributed by atoms with E-state index in [2.05, 4.69) is 4.90 Å². The fourth-order valence-corrected chi connectivity index (χ4v) is 3.81. The minimum absolute atomic E-state index is 0.0262. The Morgan fingerprint density at radius 3 is 2.83 bits per heavy atom. The van der Waals surface area contributed by atoms with Gasteiger partial charge in [-0.25, -0.2) is 9.07 Å². The Hall–Kier alpha value is -2.74. The molecule has 0 bridgehead atoms. The smallest absolute Gasteiger partial charge is 0.165 e. The van der Waals surface area contributed by atoms with Crippen molar-refractivity contribution < 1.29 is 19.0 Å². The third kappa shape index (κ3) is 4.09. The van der Waals surface area contributed by atoms with Crippen LogP contribution in [0.25, 0.3) is 16.9 Å². The SMILES string of the molecule is COc1ccc(-c2nn(-c3ccccc3C)cc2CN2CCOCC2CO)cc1F. The lowest BCUT2D eigenvalue weighted by atomic mass is 10.1. The zero-order chi connectivity index (χ0) is 21.1. The Kier molecular flexibility index (Phi) is 6.13. The Bertz CT molecular complexity index is 1020. The molecule has 0 saturated carbocycles. The van der Waals surface area contributed by atoms with Gasteiger partial charge in [0, 0.05) is 30.4 Å². The summed E-state index contributed by atoms with van der Waals surface area (Å²) in [6.07, 6.45) is 1.99. The van der Waals surface area contributed by atoms with Crippen LogP contribution in [0.1, 0.15) is 11.1 Å². The van der Waals surface area contributed by atoms with Gasteiger partial charge in [-0.15, -0.1) is 0 Å². The Labute approximate surface area is 175 Å². The molecule has 4 rings (SSSR count). The third-order valence-corrected chi connectivity index (χ3v) is 5.51. The van der Waals surface area contributed by atoms with Gasteiger partial charge in [-0.3, -0.25) is 4.90 Å². The highest BCUT2D eigenvalue weighted by atomic mass is 19.1. The molecule has 1 aromatic heterocycles. The summed E-state index contributed by atoms with van der Waals surface area (Å²) in [4.78, 5) is 2.19. The zero-order valence-corrected chi connectivity index (χ0v) is 17.2. The van der Waals surface area contributed by atoms with Crippen molar-refractivity contribution in [1.82, 2.24) is 14.7 Å². The average molecular weight is 411 g/mol. The van der Waals surface area contributed by atoms with Crippen LogP contribution in [0.15, 0.2) is 48.7 Å². The van der Waals surface area contributed by atoms with Crippen molar-refractivity contribution in [2.45, 2.75) is 19.5 Å². The molecule has 1 atom stereocenters. The molecule has 2 aromatic carbocycles. The number of aliphatic hydroxyl groups excluding tert-OH is 1. The number of methoxy groups -OCH3 is 1. The van der Waals surface area contributed by atoms with Gasteiger partial charge >= 0.3 is 0 Å². The first kappa shape index (κ1) is 20.5. The highest BCUT2D eigenvalue weighted by Crippen LogP contribution is 2.30. The Morgan fingerprint density at radius 2 is 2.10 bits per heavy atom. The normalized spacial score (nSPS) is 17.3. The summed E-state index contributed by atoms with van der Waals surface area (Å²) in [5.74, 6) is -0.224. The van der Waals surface area contributed by atoms with Crippen LogP contribution in [0.3, 0.4) is 0 Å². The number of morpholine rings is 1. The summed E-state index contributed by atoms with van der Waals surface area (Å²) in [5.41, 5.74) is 4.42. The van der Waals surface area contributed by atoms with E-state index in [-0.39, 0.29) is 18.4 Å². The maximum absolute atomic E-state index is 14.4. The molecule has 1 fully saturated rings. The van der Waals surface area contributed by atoms with E-state index >= 15 is 0 Å². The lowest BCUT2D eigenvalue weighted by molar-refractivity contribution is -0.0312. The summed E-state index contributed by atoms with van der Waals surface area (Å²) in [6, 6.07) is 12.8. The summed E-state index contributed by atoms with van der Waals surface area (Å²) < 4.78 is 26.8. The minimum atomic E-state index is -0.425. The van der Waals surface area contributed by atoms with E-state index in [0.29, 0.717) is 31.0 Å². The van der Waals surface area contributed by atoms with Crippen LogP contribution >= 0.6 is 0 Å². The molecule has 1 aliphatic heterocycles. The van der Waals surface area contributed by atoms with Crippen LogP contribution in [0.2, 0.25) is 0 Å². The number of benzene rings is 2. The van der Waals surface area contributed by atoms with Crippen molar-refractivity contribution >= 4 is 0 Å². The standard InChI is InChI=1S/C23H26FN3O3/c1-16-5-3-4-6-21(16)27-13-18(12-26-9-10-30-15-19(26)14-28)23(25-27)17-7-8-22(29-2)20(24)11-17/h3-8,11,13,19,28H,9-10,12,14-15H2,1-2H3. The molecule has 0 spiro atoms. The molecule has 1 N–H and O–H groups in total. The second kappa shape index (κ2) is 8.95. The number of nitrogens with zero attached hydrogens (tertiary/aromatic N) is 3. The molecule has 6 nitrogen and oxygen atoms in total. The van der Waals surface area contributed by atoms with Gasteiger partial charge in [-0.05, 0) is 36.8 Å². The van der Waals surface area contributed by atoms with Gasteiger partial charge in [0.25, 0.3) is 0 Å². The van der Waals surface area contributed by atoms with Gasteiger partial charge in [0.1, 0.15) is 0 Å². The monoisotopic (exact) mass is 411 g/mol. The number of aryl methyl sites for hydroxylation is 1. The number of aromatic nitrogens is 2. The number of halogens is 1. The largest absolute Gasteiger partial charge is 0.494 e. The average Bonchev–Trinajstić information content (AvgIpc) is 3.18. The molecular formula is C23H26FN3O3. The van der Waals surface area contributed by atoms with Crippen molar-refractivity contribution in [3.63, 3.8) is 0 Å². The summed E-state index contributed by atoms with van der Waals surface area (Å²) >= 11 is 0. The van der Waals surface area contributed by atoms with Gasteiger partial charge in [0.15, 0.2) is 11.6 Å². The molecule has 3 aromatic rings. The van der Waals surface area contributed by atoms with Gasteiger partial charge in [0.05, 0.1) is 44.4 Å². The molecule has 158 valence electrons. The lowest BCUT2D eigenvalue weighted by Gasteiger charge is -2.34. The molecule has 7 heteroatoms. The highest BCUT2D eigenvalue weighted by Gasteiger charge is 2.25. The number of hydrogen-bond donors (Lipinski definition) is 1. The van der Waals surface area contributed by atoms with Crippen LogP contribution in [-0.2, 0) is 11.3 Å².